The van der Waals surface area contributed by atoms with E-state index in [1.165, 1.54) is 37.5 Å². The molecule has 0 amide bonds. The maximum absolute atomic E-state index is 12.4. The van der Waals surface area contributed by atoms with Gasteiger partial charge >= 0.3 is 12.1 Å². The number of carboxylic acids is 1. The van der Waals surface area contributed by atoms with Crippen molar-refractivity contribution in [2.24, 2.45) is 11.7 Å². The van der Waals surface area contributed by atoms with E-state index in [0.29, 0.717) is 6.04 Å². The van der Waals surface area contributed by atoms with Crippen LogP contribution in [0.3, 0.4) is 0 Å². The van der Waals surface area contributed by atoms with Gasteiger partial charge in [-0.25, -0.2) is 0 Å². The molecule has 0 spiro atoms. The number of aliphatic carboxylic acids is 1. The third-order valence-electron chi connectivity index (χ3n) is 3.67. The Morgan fingerprint density at radius 1 is 1.32 bits per heavy atom. The molecule has 0 aromatic heterocycles. The largest absolute Gasteiger partial charge is 0.481 e. The maximum Gasteiger partial charge on any atom is 0.416 e. The summed E-state index contributed by atoms with van der Waals surface area (Å²) in [6.07, 6.45) is -0.977. The van der Waals surface area contributed by atoms with Crippen molar-refractivity contribution in [3.8, 4) is 0 Å². The molecule has 3 N–H and O–H groups in total. The lowest BCUT2D eigenvalue weighted by Gasteiger charge is -2.11. The Labute approximate surface area is 128 Å². The monoisotopic (exact) mass is 317 g/mol. The highest BCUT2D eigenvalue weighted by Crippen LogP contribution is 2.32. The van der Waals surface area contributed by atoms with Crippen LogP contribution in [-0.2, 0) is 17.4 Å². The minimum absolute atomic E-state index is 0.0207. The summed E-state index contributed by atoms with van der Waals surface area (Å²) < 4.78 is 37.3. The van der Waals surface area contributed by atoms with Crippen molar-refractivity contribution in [1.29, 1.82) is 0 Å². The van der Waals surface area contributed by atoms with Crippen LogP contribution in [-0.4, -0.2) is 17.1 Å². The van der Waals surface area contributed by atoms with E-state index < -0.39 is 17.7 Å². The van der Waals surface area contributed by atoms with Crippen molar-refractivity contribution in [3.05, 3.63) is 35.4 Å². The molecule has 124 valence electrons. The second-order valence-electron chi connectivity index (χ2n) is 5.73. The number of hydrogen-bond acceptors (Lipinski definition) is 2. The Bertz CT molecular complexity index is 481. The fraction of sp³-hybridized carbons (Fsp3) is 0.562. The Morgan fingerprint density at radius 3 is 2.36 bits per heavy atom. The van der Waals surface area contributed by atoms with Crippen LogP contribution in [0.5, 0.6) is 0 Å². The molecular weight excluding hydrogens is 295 g/mol. The van der Waals surface area contributed by atoms with Gasteiger partial charge in [0.25, 0.3) is 0 Å². The standard InChI is InChI=1S/C10H9F3O2.C6H13N/c11-10(12,13)8-4-2-1-3-7(8)5-6-9(14)15;1-5-2-3-6(7)4-5/h1-4H,5-6H2,(H,14,15);5-6H,2-4,7H2,1H3. The van der Waals surface area contributed by atoms with Gasteiger partial charge in [-0.3, -0.25) is 4.79 Å². The molecular formula is C16H22F3NO2. The summed E-state index contributed by atoms with van der Waals surface area (Å²) in [5, 5.41) is 8.39. The van der Waals surface area contributed by atoms with Crippen LogP contribution >= 0.6 is 0 Å². The van der Waals surface area contributed by atoms with Crippen LogP contribution in [0.25, 0.3) is 0 Å². The molecule has 1 aliphatic rings. The first-order valence-electron chi connectivity index (χ1n) is 7.32. The Kier molecular flexibility index (Phi) is 6.87. The second-order valence-corrected chi connectivity index (χ2v) is 5.73. The van der Waals surface area contributed by atoms with E-state index >= 15 is 0 Å². The maximum atomic E-state index is 12.4. The summed E-state index contributed by atoms with van der Waals surface area (Å²) >= 11 is 0. The van der Waals surface area contributed by atoms with E-state index in [1.54, 1.807) is 0 Å². The van der Waals surface area contributed by atoms with Crippen molar-refractivity contribution in [2.45, 2.75) is 51.2 Å². The normalized spacial score (nSPS) is 21.1. The Morgan fingerprint density at radius 2 is 1.95 bits per heavy atom. The van der Waals surface area contributed by atoms with Crippen molar-refractivity contribution < 1.29 is 23.1 Å². The van der Waals surface area contributed by atoms with Gasteiger partial charge in [-0.2, -0.15) is 13.2 Å². The first kappa shape index (κ1) is 18.5. The molecule has 2 atom stereocenters. The van der Waals surface area contributed by atoms with Crippen LogP contribution in [0.15, 0.2) is 24.3 Å². The number of aryl methyl sites for hydroxylation is 1. The van der Waals surface area contributed by atoms with E-state index in [-0.39, 0.29) is 18.4 Å². The van der Waals surface area contributed by atoms with Crippen molar-refractivity contribution in [1.82, 2.24) is 0 Å². The molecule has 1 saturated carbocycles. The summed E-state index contributed by atoms with van der Waals surface area (Å²) in [7, 11) is 0. The number of alkyl halides is 3. The van der Waals surface area contributed by atoms with Gasteiger partial charge in [0.1, 0.15) is 0 Å². The molecule has 3 nitrogen and oxygen atoms in total. The SMILES string of the molecule is CC1CCC(N)C1.O=C(O)CCc1ccccc1C(F)(F)F. The highest BCUT2D eigenvalue weighted by Gasteiger charge is 2.32. The minimum atomic E-state index is -4.42. The van der Waals surface area contributed by atoms with Gasteiger partial charge in [0.2, 0.25) is 0 Å². The van der Waals surface area contributed by atoms with Crippen LogP contribution in [0.1, 0.15) is 43.7 Å². The molecule has 2 unspecified atom stereocenters. The number of benzene rings is 1. The van der Waals surface area contributed by atoms with Crippen molar-refractivity contribution in [3.63, 3.8) is 0 Å². The van der Waals surface area contributed by atoms with Gasteiger partial charge in [0.05, 0.1) is 5.56 Å². The molecule has 0 radical (unpaired) electrons. The molecule has 6 heteroatoms. The first-order chi connectivity index (χ1) is 10.2. The predicted octanol–water partition coefficient (Wildman–Crippen LogP) is 3.86. The van der Waals surface area contributed by atoms with E-state index in [2.05, 4.69) is 6.92 Å². The van der Waals surface area contributed by atoms with E-state index in [1.807, 2.05) is 0 Å². The molecule has 0 aliphatic heterocycles. The molecule has 22 heavy (non-hydrogen) atoms. The number of carboxylic acid groups (broad SMARTS) is 1. The van der Waals surface area contributed by atoms with Gasteiger partial charge < -0.3 is 10.8 Å². The molecule has 1 aromatic carbocycles. The molecule has 0 bridgehead atoms. The average molecular weight is 317 g/mol. The zero-order valence-corrected chi connectivity index (χ0v) is 12.6. The zero-order chi connectivity index (χ0) is 16.8. The fourth-order valence-corrected chi connectivity index (χ4v) is 2.51. The molecule has 2 rings (SSSR count). The summed E-state index contributed by atoms with van der Waals surface area (Å²) in [4.78, 5) is 10.3. The smallest absolute Gasteiger partial charge is 0.416 e. The van der Waals surface area contributed by atoms with E-state index in [0.717, 1.165) is 12.0 Å². The van der Waals surface area contributed by atoms with E-state index in [4.69, 9.17) is 10.8 Å². The summed E-state index contributed by atoms with van der Waals surface area (Å²) in [5.74, 6) is -0.207. The number of halogens is 3. The highest BCUT2D eigenvalue weighted by molar-refractivity contribution is 5.67. The lowest BCUT2D eigenvalue weighted by molar-refractivity contribution is -0.140. The van der Waals surface area contributed by atoms with Crippen molar-refractivity contribution >= 4 is 5.97 Å². The third-order valence-corrected chi connectivity index (χ3v) is 3.67. The highest BCUT2D eigenvalue weighted by atomic mass is 19.4. The fourth-order valence-electron chi connectivity index (χ4n) is 2.51. The van der Waals surface area contributed by atoms with Crippen LogP contribution < -0.4 is 5.73 Å². The topological polar surface area (TPSA) is 63.3 Å². The van der Waals surface area contributed by atoms with Crippen LogP contribution in [0.2, 0.25) is 0 Å². The number of rotatable bonds is 3. The van der Waals surface area contributed by atoms with Gasteiger partial charge in [-0.05, 0) is 43.2 Å². The molecule has 0 saturated heterocycles. The first-order valence-corrected chi connectivity index (χ1v) is 7.32. The summed E-state index contributed by atoms with van der Waals surface area (Å²) in [6.45, 7) is 2.27. The van der Waals surface area contributed by atoms with Gasteiger partial charge in [-0.15, -0.1) is 0 Å². The predicted molar refractivity (Wildman–Crippen MR) is 78.4 cm³/mol. The van der Waals surface area contributed by atoms with Crippen molar-refractivity contribution in [2.75, 3.05) is 0 Å². The van der Waals surface area contributed by atoms with Gasteiger partial charge in [0, 0.05) is 12.5 Å². The lowest BCUT2D eigenvalue weighted by atomic mass is 10.0. The number of carbonyl (C=O) groups is 1. The molecule has 0 heterocycles. The second kappa shape index (κ2) is 8.17. The number of hydrogen-bond donors (Lipinski definition) is 2. The van der Waals surface area contributed by atoms with Gasteiger partial charge in [-0.1, -0.05) is 25.1 Å². The Balaban J connectivity index is 0.000000287. The molecule has 1 aliphatic carbocycles. The Hall–Kier alpha value is -1.56. The lowest BCUT2D eigenvalue weighted by Crippen LogP contribution is -2.14. The molecule has 1 fully saturated rings. The van der Waals surface area contributed by atoms with Crippen LogP contribution in [0.4, 0.5) is 13.2 Å². The zero-order valence-electron chi connectivity index (χ0n) is 12.6. The average Bonchev–Trinajstić information content (AvgIpc) is 2.80. The summed E-state index contributed by atoms with van der Waals surface area (Å²) in [5.41, 5.74) is 4.89. The van der Waals surface area contributed by atoms with E-state index in [9.17, 15) is 18.0 Å². The quantitative estimate of drug-likeness (QED) is 0.890. The summed E-state index contributed by atoms with van der Waals surface area (Å²) in [6, 6.07) is 5.53. The molecule has 1 aromatic rings. The third kappa shape index (κ3) is 6.47. The van der Waals surface area contributed by atoms with Gasteiger partial charge in [0.15, 0.2) is 0 Å². The number of nitrogens with two attached hydrogens (primary N) is 1. The van der Waals surface area contributed by atoms with Crippen LogP contribution in [0, 0.1) is 5.92 Å². The minimum Gasteiger partial charge on any atom is -0.481 e.